The third-order valence-corrected chi connectivity index (χ3v) is 3.97. The number of rotatable bonds is 4. The van der Waals surface area contributed by atoms with E-state index in [2.05, 4.69) is 5.32 Å². The molecule has 0 bridgehead atoms. The zero-order chi connectivity index (χ0) is 11.8. The highest BCUT2D eigenvalue weighted by atomic mass is 16.5. The average molecular weight is 227 g/mol. The van der Waals surface area contributed by atoms with Gasteiger partial charge in [-0.1, -0.05) is 6.92 Å². The van der Waals surface area contributed by atoms with Gasteiger partial charge in [-0.25, -0.2) is 0 Å². The van der Waals surface area contributed by atoms with Crippen LogP contribution in [-0.4, -0.2) is 35.9 Å². The molecule has 1 amide bonds. The molecule has 3 atom stereocenters. The third kappa shape index (κ3) is 2.38. The summed E-state index contributed by atoms with van der Waals surface area (Å²) in [6.07, 6.45) is 2.74. The summed E-state index contributed by atoms with van der Waals surface area (Å²) >= 11 is 0. The summed E-state index contributed by atoms with van der Waals surface area (Å²) in [5, 5.41) is 13.1. The molecule has 1 saturated heterocycles. The molecule has 2 N–H and O–H groups in total. The molecule has 0 aromatic carbocycles. The SMILES string of the molecule is CC(C(=O)NCC1(O)CCOC1C)C1CC1. The number of carbonyl (C=O) groups excluding carboxylic acids is 1. The Kier molecular flexibility index (Phi) is 3.22. The number of amides is 1. The van der Waals surface area contributed by atoms with Crippen LogP contribution in [-0.2, 0) is 9.53 Å². The zero-order valence-electron chi connectivity index (χ0n) is 10.0. The van der Waals surface area contributed by atoms with Crippen LogP contribution >= 0.6 is 0 Å². The van der Waals surface area contributed by atoms with Crippen molar-refractivity contribution in [3.8, 4) is 0 Å². The number of hydrogen-bond donors (Lipinski definition) is 2. The number of ether oxygens (including phenoxy) is 1. The first-order chi connectivity index (χ1) is 7.53. The van der Waals surface area contributed by atoms with Gasteiger partial charge < -0.3 is 15.2 Å². The van der Waals surface area contributed by atoms with Crippen molar-refractivity contribution in [2.24, 2.45) is 11.8 Å². The smallest absolute Gasteiger partial charge is 0.223 e. The second-order valence-corrected chi connectivity index (χ2v) is 5.21. The summed E-state index contributed by atoms with van der Waals surface area (Å²) in [5.41, 5.74) is -0.876. The van der Waals surface area contributed by atoms with Gasteiger partial charge >= 0.3 is 0 Å². The molecule has 0 spiro atoms. The van der Waals surface area contributed by atoms with Gasteiger partial charge in [0.05, 0.1) is 6.10 Å². The van der Waals surface area contributed by atoms with Crippen molar-refractivity contribution < 1.29 is 14.6 Å². The van der Waals surface area contributed by atoms with Crippen molar-refractivity contribution in [2.75, 3.05) is 13.2 Å². The van der Waals surface area contributed by atoms with E-state index in [1.54, 1.807) is 0 Å². The monoisotopic (exact) mass is 227 g/mol. The van der Waals surface area contributed by atoms with Gasteiger partial charge in [-0.3, -0.25) is 4.79 Å². The molecule has 0 aromatic heterocycles. The number of carbonyl (C=O) groups is 1. The first kappa shape index (κ1) is 11.9. The molecular weight excluding hydrogens is 206 g/mol. The van der Waals surface area contributed by atoms with Crippen molar-refractivity contribution >= 4 is 5.91 Å². The van der Waals surface area contributed by atoms with Gasteiger partial charge in [-0.2, -0.15) is 0 Å². The number of aliphatic hydroxyl groups is 1. The Morgan fingerprint density at radius 1 is 1.62 bits per heavy atom. The summed E-state index contributed by atoms with van der Waals surface area (Å²) in [5.74, 6) is 0.711. The fourth-order valence-electron chi connectivity index (χ4n) is 2.21. The van der Waals surface area contributed by atoms with E-state index in [0.717, 1.165) is 0 Å². The van der Waals surface area contributed by atoms with Gasteiger partial charge in [0.1, 0.15) is 5.60 Å². The maximum absolute atomic E-state index is 11.8. The van der Waals surface area contributed by atoms with Crippen LogP contribution in [0, 0.1) is 11.8 Å². The quantitative estimate of drug-likeness (QED) is 0.743. The van der Waals surface area contributed by atoms with Gasteiger partial charge in [-0.15, -0.1) is 0 Å². The molecule has 0 aromatic rings. The van der Waals surface area contributed by atoms with Crippen LogP contribution in [0.25, 0.3) is 0 Å². The van der Waals surface area contributed by atoms with Crippen molar-refractivity contribution in [1.82, 2.24) is 5.32 Å². The van der Waals surface area contributed by atoms with Crippen molar-refractivity contribution in [1.29, 1.82) is 0 Å². The van der Waals surface area contributed by atoms with Gasteiger partial charge in [0.15, 0.2) is 0 Å². The van der Waals surface area contributed by atoms with Crippen LogP contribution in [0.1, 0.15) is 33.1 Å². The van der Waals surface area contributed by atoms with E-state index in [1.165, 1.54) is 12.8 Å². The Labute approximate surface area is 96.4 Å². The second-order valence-electron chi connectivity index (χ2n) is 5.21. The first-order valence-corrected chi connectivity index (χ1v) is 6.14. The molecule has 92 valence electrons. The molecule has 16 heavy (non-hydrogen) atoms. The predicted octanol–water partition coefficient (Wildman–Crippen LogP) is 0.689. The Balaban J connectivity index is 1.79. The fourth-order valence-corrected chi connectivity index (χ4v) is 2.21. The molecule has 2 aliphatic rings. The topological polar surface area (TPSA) is 58.6 Å². The predicted molar refractivity (Wildman–Crippen MR) is 59.9 cm³/mol. The first-order valence-electron chi connectivity index (χ1n) is 6.14. The minimum Gasteiger partial charge on any atom is -0.385 e. The van der Waals surface area contributed by atoms with Crippen LogP contribution in [0.2, 0.25) is 0 Å². The molecular formula is C12H21NO3. The van der Waals surface area contributed by atoms with Gasteiger partial charge in [-0.05, 0) is 25.7 Å². The summed E-state index contributed by atoms with van der Waals surface area (Å²) in [7, 11) is 0. The lowest BCUT2D eigenvalue weighted by Gasteiger charge is -2.26. The Morgan fingerprint density at radius 3 is 2.81 bits per heavy atom. The minimum absolute atomic E-state index is 0.0648. The largest absolute Gasteiger partial charge is 0.385 e. The van der Waals surface area contributed by atoms with Crippen LogP contribution in [0.5, 0.6) is 0 Å². The Morgan fingerprint density at radius 2 is 2.31 bits per heavy atom. The van der Waals surface area contributed by atoms with Gasteiger partial charge in [0.25, 0.3) is 0 Å². The average Bonchev–Trinajstić information content (AvgIpc) is 3.04. The van der Waals surface area contributed by atoms with E-state index in [9.17, 15) is 9.90 Å². The van der Waals surface area contributed by atoms with E-state index in [1.807, 2.05) is 13.8 Å². The lowest BCUT2D eigenvalue weighted by atomic mass is 9.96. The maximum atomic E-state index is 11.8. The van der Waals surface area contributed by atoms with Crippen LogP contribution in [0.4, 0.5) is 0 Å². The third-order valence-electron chi connectivity index (χ3n) is 3.97. The van der Waals surface area contributed by atoms with E-state index in [0.29, 0.717) is 25.5 Å². The fraction of sp³-hybridized carbons (Fsp3) is 0.917. The number of hydrogen-bond acceptors (Lipinski definition) is 3. The van der Waals surface area contributed by atoms with Gasteiger partial charge in [0, 0.05) is 25.5 Å². The molecule has 1 aliphatic heterocycles. The summed E-state index contributed by atoms with van der Waals surface area (Å²) in [4.78, 5) is 11.8. The van der Waals surface area contributed by atoms with E-state index >= 15 is 0 Å². The molecule has 1 heterocycles. The molecule has 4 nitrogen and oxygen atoms in total. The summed E-state index contributed by atoms with van der Waals surface area (Å²) in [6, 6.07) is 0. The maximum Gasteiger partial charge on any atom is 0.223 e. The van der Waals surface area contributed by atoms with Crippen molar-refractivity contribution in [2.45, 2.75) is 44.8 Å². The molecule has 3 unspecified atom stereocenters. The second kappa shape index (κ2) is 4.34. The molecule has 1 saturated carbocycles. The number of nitrogens with one attached hydrogen (secondary N) is 1. The van der Waals surface area contributed by atoms with Crippen LogP contribution in [0.15, 0.2) is 0 Å². The Hall–Kier alpha value is -0.610. The molecule has 4 heteroatoms. The molecule has 2 rings (SSSR count). The molecule has 2 fully saturated rings. The lowest BCUT2D eigenvalue weighted by Crippen LogP contribution is -2.48. The molecule has 1 aliphatic carbocycles. The van der Waals surface area contributed by atoms with Crippen LogP contribution < -0.4 is 5.32 Å². The van der Waals surface area contributed by atoms with E-state index in [4.69, 9.17) is 4.74 Å². The minimum atomic E-state index is -0.876. The highest BCUT2D eigenvalue weighted by Gasteiger charge is 2.40. The van der Waals surface area contributed by atoms with E-state index < -0.39 is 5.60 Å². The highest BCUT2D eigenvalue weighted by molar-refractivity contribution is 5.79. The standard InChI is InChI=1S/C12H21NO3/c1-8(10-3-4-10)11(14)13-7-12(15)5-6-16-9(12)2/h8-10,15H,3-7H2,1-2H3,(H,13,14). The molecule has 0 radical (unpaired) electrons. The summed E-state index contributed by atoms with van der Waals surface area (Å²) in [6.45, 7) is 4.70. The summed E-state index contributed by atoms with van der Waals surface area (Å²) < 4.78 is 5.32. The highest BCUT2D eigenvalue weighted by Crippen LogP contribution is 2.36. The van der Waals surface area contributed by atoms with E-state index in [-0.39, 0.29) is 17.9 Å². The van der Waals surface area contributed by atoms with Crippen LogP contribution in [0.3, 0.4) is 0 Å². The van der Waals surface area contributed by atoms with Crippen molar-refractivity contribution in [3.63, 3.8) is 0 Å². The van der Waals surface area contributed by atoms with Crippen molar-refractivity contribution in [3.05, 3.63) is 0 Å². The normalized spacial score (nSPS) is 36.1. The lowest BCUT2D eigenvalue weighted by molar-refractivity contribution is -0.126. The van der Waals surface area contributed by atoms with Gasteiger partial charge in [0.2, 0.25) is 5.91 Å². The zero-order valence-corrected chi connectivity index (χ0v) is 10.0. The Bertz CT molecular complexity index is 277.